The number of methoxy groups -OCH3 is 1. The van der Waals surface area contributed by atoms with Gasteiger partial charge in [0.05, 0.1) is 23.1 Å². The molecule has 6 nitrogen and oxygen atoms in total. The third-order valence-electron chi connectivity index (χ3n) is 4.39. The molecule has 1 atom stereocenters. The van der Waals surface area contributed by atoms with Gasteiger partial charge in [0, 0.05) is 6.04 Å². The lowest BCUT2D eigenvalue weighted by molar-refractivity contribution is -0.120. The minimum Gasteiger partial charge on any atom is -0.495 e. The maximum Gasteiger partial charge on any atom is 0.240 e. The Morgan fingerprint density at radius 1 is 1.33 bits per heavy atom. The first-order valence-corrected chi connectivity index (χ1v) is 9.73. The number of amides is 1. The van der Waals surface area contributed by atoms with Crippen molar-refractivity contribution in [1.82, 2.24) is 4.72 Å². The summed E-state index contributed by atoms with van der Waals surface area (Å²) in [4.78, 5) is 12.5. The molecule has 1 amide bonds. The summed E-state index contributed by atoms with van der Waals surface area (Å²) in [6.07, 6.45) is 2.01. The zero-order chi connectivity index (χ0) is 17.8. The number of ether oxygens (including phenoxy) is 1. The van der Waals surface area contributed by atoms with Crippen LogP contribution in [0.15, 0.2) is 23.1 Å². The van der Waals surface area contributed by atoms with Gasteiger partial charge in [-0.05, 0) is 44.4 Å². The van der Waals surface area contributed by atoms with Crippen LogP contribution in [0.5, 0.6) is 5.75 Å². The van der Waals surface area contributed by atoms with Crippen molar-refractivity contribution in [3.05, 3.63) is 18.2 Å². The molecular formula is C15H18Cl2N2O4S. The Kier molecular flexibility index (Phi) is 4.27. The lowest BCUT2D eigenvalue weighted by atomic mass is 10.1. The summed E-state index contributed by atoms with van der Waals surface area (Å²) >= 11 is 12.0. The van der Waals surface area contributed by atoms with Crippen molar-refractivity contribution >= 4 is 44.8 Å². The van der Waals surface area contributed by atoms with Gasteiger partial charge in [0.15, 0.2) is 0 Å². The minimum atomic E-state index is -3.63. The lowest BCUT2D eigenvalue weighted by Crippen LogP contribution is -2.27. The van der Waals surface area contributed by atoms with E-state index in [9.17, 15) is 13.2 Å². The first-order chi connectivity index (χ1) is 11.1. The van der Waals surface area contributed by atoms with E-state index in [2.05, 4.69) is 10.0 Å². The average Bonchev–Trinajstić information content (AvgIpc) is 3.38. The fourth-order valence-corrected chi connectivity index (χ4v) is 4.38. The third-order valence-corrected chi connectivity index (χ3v) is 7.01. The maximum atomic E-state index is 12.4. The molecule has 9 heteroatoms. The highest BCUT2D eigenvalue weighted by Gasteiger charge is 2.68. The molecule has 0 aromatic heterocycles. The van der Waals surface area contributed by atoms with Gasteiger partial charge in [-0.2, -0.15) is 0 Å². The van der Waals surface area contributed by atoms with Crippen LogP contribution in [0.25, 0.3) is 0 Å². The second-order valence-corrected chi connectivity index (χ2v) is 9.62. The van der Waals surface area contributed by atoms with Gasteiger partial charge >= 0.3 is 0 Å². The van der Waals surface area contributed by atoms with Crippen molar-refractivity contribution in [3.63, 3.8) is 0 Å². The largest absolute Gasteiger partial charge is 0.495 e. The number of benzene rings is 1. The van der Waals surface area contributed by atoms with Gasteiger partial charge in [-0.1, -0.05) is 0 Å². The predicted molar refractivity (Wildman–Crippen MR) is 92.1 cm³/mol. The van der Waals surface area contributed by atoms with Crippen LogP contribution in [-0.4, -0.2) is 31.8 Å². The normalized spacial score (nSPS) is 25.2. The van der Waals surface area contributed by atoms with Gasteiger partial charge in [-0.3, -0.25) is 4.79 Å². The number of hydrogen-bond acceptors (Lipinski definition) is 4. The molecule has 0 bridgehead atoms. The molecule has 132 valence electrons. The topological polar surface area (TPSA) is 84.5 Å². The van der Waals surface area contributed by atoms with Crippen LogP contribution in [0.1, 0.15) is 26.2 Å². The number of anilines is 1. The summed E-state index contributed by atoms with van der Waals surface area (Å²) in [5, 5.41) is 2.68. The van der Waals surface area contributed by atoms with Crippen molar-refractivity contribution in [2.45, 2.75) is 41.5 Å². The molecule has 0 aliphatic heterocycles. The van der Waals surface area contributed by atoms with E-state index in [4.69, 9.17) is 27.9 Å². The molecular weight excluding hydrogens is 375 g/mol. The Morgan fingerprint density at radius 2 is 1.96 bits per heavy atom. The van der Waals surface area contributed by atoms with E-state index in [1.165, 1.54) is 25.3 Å². The highest BCUT2D eigenvalue weighted by atomic mass is 35.5. The minimum absolute atomic E-state index is 0.00590. The molecule has 1 aromatic carbocycles. The average molecular weight is 393 g/mol. The highest BCUT2D eigenvalue weighted by Crippen LogP contribution is 2.64. The summed E-state index contributed by atoms with van der Waals surface area (Å²) in [6.45, 7) is 1.66. The molecule has 24 heavy (non-hydrogen) atoms. The van der Waals surface area contributed by atoms with Crippen LogP contribution >= 0.6 is 23.2 Å². The van der Waals surface area contributed by atoms with Crippen LogP contribution in [0.3, 0.4) is 0 Å². The fourth-order valence-electron chi connectivity index (χ4n) is 2.35. The summed E-state index contributed by atoms with van der Waals surface area (Å²) in [5.41, 5.74) is -0.652. The van der Waals surface area contributed by atoms with E-state index in [0.29, 0.717) is 12.2 Å². The number of halogens is 2. The van der Waals surface area contributed by atoms with Crippen LogP contribution < -0.4 is 14.8 Å². The van der Waals surface area contributed by atoms with Gasteiger partial charge in [0.25, 0.3) is 0 Å². The van der Waals surface area contributed by atoms with E-state index in [0.717, 1.165) is 12.8 Å². The first-order valence-electron chi connectivity index (χ1n) is 7.49. The van der Waals surface area contributed by atoms with Crippen LogP contribution in [0, 0.1) is 5.41 Å². The van der Waals surface area contributed by atoms with Crippen LogP contribution in [-0.2, 0) is 14.8 Å². The van der Waals surface area contributed by atoms with E-state index in [-0.39, 0.29) is 22.5 Å². The Balaban J connectivity index is 1.86. The Labute approximate surface area is 150 Å². The second-order valence-electron chi connectivity index (χ2n) is 6.43. The van der Waals surface area contributed by atoms with E-state index in [1.54, 1.807) is 6.92 Å². The number of rotatable bonds is 6. The molecule has 0 heterocycles. The lowest BCUT2D eigenvalue weighted by Gasteiger charge is -2.16. The van der Waals surface area contributed by atoms with Crippen molar-refractivity contribution < 1.29 is 17.9 Å². The maximum absolute atomic E-state index is 12.4. The number of alkyl halides is 2. The van der Waals surface area contributed by atoms with E-state index in [1.807, 2.05) is 0 Å². The van der Waals surface area contributed by atoms with Gasteiger partial charge < -0.3 is 10.1 Å². The Bertz CT molecular complexity index is 793. The number of nitrogens with one attached hydrogen (secondary N) is 2. The second kappa shape index (κ2) is 5.76. The summed E-state index contributed by atoms with van der Waals surface area (Å²) < 4.78 is 31.3. The molecule has 0 spiro atoms. The van der Waals surface area contributed by atoms with E-state index < -0.39 is 19.8 Å². The Morgan fingerprint density at radius 3 is 2.46 bits per heavy atom. The van der Waals surface area contributed by atoms with Gasteiger partial charge in [-0.25, -0.2) is 13.1 Å². The van der Waals surface area contributed by atoms with Gasteiger partial charge in [0.2, 0.25) is 15.9 Å². The molecule has 2 aliphatic carbocycles. The smallest absolute Gasteiger partial charge is 0.240 e. The molecule has 0 saturated heterocycles. The molecule has 2 fully saturated rings. The first kappa shape index (κ1) is 17.8. The van der Waals surface area contributed by atoms with Crippen molar-refractivity contribution in [1.29, 1.82) is 0 Å². The summed E-state index contributed by atoms with van der Waals surface area (Å²) in [5.74, 6) is -0.0248. The molecule has 0 radical (unpaired) electrons. The third kappa shape index (κ3) is 3.22. The molecule has 2 saturated carbocycles. The number of sulfonamides is 1. The van der Waals surface area contributed by atoms with Gasteiger partial charge in [-0.15, -0.1) is 23.2 Å². The number of carbonyl (C=O) groups is 1. The highest BCUT2D eigenvalue weighted by molar-refractivity contribution is 7.89. The van der Waals surface area contributed by atoms with E-state index >= 15 is 0 Å². The zero-order valence-electron chi connectivity index (χ0n) is 13.2. The van der Waals surface area contributed by atoms with Crippen molar-refractivity contribution in [2.75, 3.05) is 12.4 Å². The number of hydrogen-bond donors (Lipinski definition) is 2. The summed E-state index contributed by atoms with van der Waals surface area (Å²) in [6, 6.07) is 4.30. The number of carbonyl (C=O) groups excluding carboxylic acids is 1. The SMILES string of the molecule is COc1ccc(S(=O)(=O)NC2CC2)cc1NC(=O)[C@]1(C)CC1(Cl)Cl. The zero-order valence-corrected chi connectivity index (χ0v) is 15.6. The molecule has 1 aromatic rings. The van der Waals surface area contributed by atoms with Crippen LogP contribution in [0.4, 0.5) is 5.69 Å². The fraction of sp³-hybridized carbons (Fsp3) is 0.533. The Hall–Kier alpha value is -1.02. The monoisotopic (exact) mass is 392 g/mol. The predicted octanol–water partition coefficient (Wildman–Crippen LogP) is 2.66. The molecule has 2 aliphatic rings. The quantitative estimate of drug-likeness (QED) is 0.728. The van der Waals surface area contributed by atoms with Crippen molar-refractivity contribution in [3.8, 4) is 5.75 Å². The van der Waals surface area contributed by atoms with Gasteiger partial charge in [0.1, 0.15) is 10.1 Å². The standard InChI is InChI=1S/C15H18Cl2N2O4S/c1-14(8-15(14,16)17)13(20)18-11-7-10(5-6-12(11)23-2)24(21,22)19-9-3-4-9/h5-7,9,19H,3-4,8H2,1-2H3,(H,18,20)/t14-/m0/s1. The van der Waals surface area contributed by atoms with Crippen molar-refractivity contribution in [2.24, 2.45) is 5.41 Å². The molecule has 2 N–H and O–H groups in total. The summed E-state index contributed by atoms with van der Waals surface area (Å²) in [7, 11) is -2.19. The van der Waals surface area contributed by atoms with Crippen LogP contribution in [0.2, 0.25) is 0 Å². The molecule has 0 unspecified atom stereocenters. The molecule has 3 rings (SSSR count).